The zero-order valence-corrected chi connectivity index (χ0v) is 20.6. The number of hydrogen-bond donors (Lipinski definition) is 2. The summed E-state index contributed by atoms with van der Waals surface area (Å²) in [6.07, 6.45) is 2.63. The number of hydrogen-bond acceptors (Lipinski definition) is 4. The van der Waals surface area contributed by atoms with Crippen LogP contribution in [0.1, 0.15) is 36.7 Å². The molecule has 0 spiro atoms. The van der Waals surface area contributed by atoms with Gasteiger partial charge in [0.1, 0.15) is 6.54 Å². The number of oxazole rings is 1. The Hall–Kier alpha value is -2.36. The summed E-state index contributed by atoms with van der Waals surface area (Å²) in [6, 6.07) is 10.2. The minimum atomic E-state index is 0. The lowest BCUT2D eigenvalue weighted by atomic mass is 10.1. The smallest absolute Gasteiger partial charge is 0.216 e. The Labute approximate surface area is 195 Å². The molecule has 0 aliphatic heterocycles. The van der Waals surface area contributed by atoms with E-state index in [0.29, 0.717) is 12.4 Å². The summed E-state index contributed by atoms with van der Waals surface area (Å²) in [5, 5.41) is 11.3. The number of halogens is 1. The van der Waals surface area contributed by atoms with Gasteiger partial charge in [-0.15, -0.1) is 24.0 Å². The molecule has 2 aromatic heterocycles. The molecule has 0 amide bonds. The van der Waals surface area contributed by atoms with E-state index in [1.54, 1.807) is 6.20 Å². The van der Waals surface area contributed by atoms with Gasteiger partial charge >= 0.3 is 0 Å². The summed E-state index contributed by atoms with van der Waals surface area (Å²) in [4.78, 5) is 9.00. The van der Waals surface area contributed by atoms with Crippen molar-refractivity contribution in [2.24, 2.45) is 12.0 Å². The van der Waals surface area contributed by atoms with Crippen molar-refractivity contribution in [1.82, 2.24) is 25.4 Å². The number of nitrogens with zero attached hydrogens (tertiary/aromatic N) is 4. The number of aromatic nitrogens is 3. The molecule has 0 fully saturated rings. The fourth-order valence-corrected chi connectivity index (χ4v) is 3.29. The molecule has 3 rings (SSSR count). The molecule has 7 nitrogen and oxygen atoms in total. The minimum absolute atomic E-state index is 0. The fraction of sp³-hybridized carbons (Fsp3) is 0.409. The van der Waals surface area contributed by atoms with Gasteiger partial charge in [-0.3, -0.25) is 4.68 Å². The maximum atomic E-state index is 5.85. The van der Waals surface area contributed by atoms with Crippen molar-refractivity contribution in [3.63, 3.8) is 0 Å². The van der Waals surface area contributed by atoms with Crippen molar-refractivity contribution in [2.45, 2.75) is 46.7 Å². The molecule has 0 saturated carbocycles. The van der Waals surface area contributed by atoms with E-state index < -0.39 is 0 Å². The van der Waals surface area contributed by atoms with E-state index in [1.165, 1.54) is 11.3 Å². The van der Waals surface area contributed by atoms with Gasteiger partial charge in [-0.05, 0) is 39.7 Å². The van der Waals surface area contributed by atoms with Gasteiger partial charge in [0.15, 0.2) is 11.7 Å². The number of nitrogens with one attached hydrogen (secondary N) is 2. The van der Waals surface area contributed by atoms with Gasteiger partial charge < -0.3 is 15.1 Å². The number of aryl methyl sites for hydroxylation is 2. The Kier molecular flexibility index (Phi) is 8.88. The van der Waals surface area contributed by atoms with E-state index >= 15 is 0 Å². The van der Waals surface area contributed by atoms with Gasteiger partial charge in [0.05, 0.1) is 11.9 Å². The van der Waals surface area contributed by atoms with Crippen LogP contribution in [0, 0.1) is 13.8 Å². The first-order chi connectivity index (χ1) is 14.0. The van der Waals surface area contributed by atoms with Crippen molar-refractivity contribution < 1.29 is 4.42 Å². The number of benzene rings is 1. The normalized spacial score (nSPS) is 12.4. The zero-order chi connectivity index (χ0) is 20.8. The molecular formula is C22H31IN6O. The average molecular weight is 522 g/mol. The van der Waals surface area contributed by atoms with Crippen LogP contribution in [0.3, 0.4) is 0 Å². The number of guanidine groups is 1. The monoisotopic (exact) mass is 522 g/mol. The van der Waals surface area contributed by atoms with Crippen LogP contribution < -0.4 is 10.6 Å². The molecule has 2 heterocycles. The highest BCUT2D eigenvalue weighted by Gasteiger charge is 2.14. The molecule has 0 saturated heterocycles. The molecule has 0 aliphatic carbocycles. The second kappa shape index (κ2) is 11.1. The SMILES string of the molecule is CCNC(=NCc1ncc(-c2ccccc2)o1)NC(C)Cc1c(C)nn(C)c1C.I. The van der Waals surface area contributed by atoms with E-state index in [4.69, 9.17) is 4.42 Å². The molecule has 0 bridgehead atoms. The van der Waals surface area contributed by atoms with Gasteiger partial charge in [0.2, 0.25) is 5.89 Å². The molecule has 8 heteroatoms. The molecule has 1 unspecified atom stereocenters. The third kappa shape index (κ3) is 6.07. The van der Waals surface area contributed by atoms with E-state index in [2.05, 4.69) is 53.4 Å². The third-order valence-electron chi connectivity index (χ3n) is 4.88. The first kappa shape index (κ1) is 23.9. The Bertz CT molecular complexity index is 963. The zero-order valence-electron chi connectivity index (χ0n) is 18.3. The van der Waals surface area contributed by atoms with Gasteiger partial charge in [-0.25, -0.2) is 9.98 Å². The summed E-state index contributed by atoms with van der Waals surface area (Å²) in [5.41, 5.74) is 4.57. The molecular weight excluding hydrogens is 491 g/mol. The van der Waals surface area contributed by atoms with Crippen molar-refractivity contribution in [2.75, 3.05) is 6.54 Å². The van der Waals surface area contributed by atoms with Crippen LogP contribution in [-0.2, 0) is 20.0 Å². The van der Waals surface area contributed by atoms with Crippen LogP contribution in [0.5, 0.6) is 0 Å². The molecule has 0 aliphatic rings. The molecule has 3 aromatic rings. The molecule has 1 atom stereocenters. The van der Waals surface area contributed by atoms with Gasteiger partial charge in [-0.2, -0.15) is 5.10 Å². The maximum absolute atomic E-state index is 5.85. The molecule has 30 heavy (non-hydrogen) atoms. The van der Waals surface area contributed by atoms with Crippen LogP contribution in [0.25, 0.3) is 11.3 Å². The summed E-state index contributed by atoms with van der Waals surface area (Å²) < 4.78 is 7.78. The van der Waals surface area contributed by atoms with E-state index in [-0.39, 0.29) is 30.0 Å². The minimum Gasteiger partial charge on any atom is -0.439 e. The number of rotatable bonds is 7. The van der Waals surface area contributed by atoms with Crippen molar-refractivity contribution >= 4 is 29.9 Å². The summed E-state index contributed by atoms with van der Waals surface area (Å²) in [5.74, 6) is 2.09. The molecule has 0 radical (unpaired) electrons. The van der Waals surface area contributed by atoms with E-state index in [1.807, 2.05) is 42.1 Å². The Morgan fingerprint density at radius 2 is 1.97 bits per heavy atom. The first-order valence-electron chi connectivity index (χ1n) is 10.0. The quantitative estimate of drug-likeness (QED) is 0.279. The lowest BCUT2D eigenvalue weighted by Gasteiger charge is -2.18. The third-order valence-corrected chi connectivity index (χ3v) is 4.88. The van der Waals surface area contributed by atoms with Crippen LogP contribution in [-0.4, -0.2) is 33.3 Å². The first-order valence-corrected chi connectivity index (χ1v) is 10.0. The summed E-state index contributed by atoms with van der Waals surface area (Å²) in [7, 11) is 1.98. The maximum Gasteiger partial charge on any atom is 0.216 e. The second-order valence-corrected chi connectivity index (χ2v) is 7.20. The summed E-state index contributed by atoms with van der Waals surface area (Å²) in [6.45, 7) is 9.52. The molecule has 162 valence electrons. The lowest BCUT2D eigenvalue weighted by Crippen LogP contribution is -2.43. The molecule has 1 aromatic carbocycles. The van der Waals surface area contributed by atoms with Crippen molar-refractivity contribution in [1.29, 1.82) is 0 Å². The molecule has 2 N–H and O–H groups in total. The second-order valence-electron chi connectivity index (χ2n) is 7.20. The Balaban J connectivity index is 0.00000320. The predicted octanol–water partition coefficient (Wildman–Crippen LogP) is 4.00. The van der Waals surface area contributed by atoms with Crippen molar-refractivity contribution in [3.8, 4) is 11.3 Å². The van der Waals surface area contributed by atoms with Crippen LogP contribution in [0.2, 0.25) is 0 Å². The van der Waals surface area contributed by atoms with E-state index in [9.17, 15) is 0 Å². The highest BCUT2D eigenvalue weighted by molar-refractivity contribution is 14.0. The lowest BCUT2D eigenvalue weighted by molar-refractivity contribution is 0.508. The largest absolute Gasteiger partial charge is 0.439 e. The topological polar surface area (TPSA) is 80.3 Å². The van der Waals surface area contributed by atoms with Crippen LogP contribution >= 0.6 is 24.0 Å². The van der Waals surface area contributed by atoms with Crippen LogP contribution in [0.15, 0.2) is 45.9 Å². The number of aliphatic imine (C=N–C) groups is 1. The van der Waals surface area contributed by atoms with Gasteiger partial charge in [0.25, 0.3) is 0 Å². The summed E-state index contributed by atoms with van der Waals surface area (Å²) >= 11 is 0. The van der Waals surface area contributed by atoms with Crippen molar-refractivity contribution in [3.05, 3.63) is 59.4 Å². The van der Waals surface area contributed by atoms with Gasteiger partial charge in [0, 0.05) is 30.9 Å². The fourth-order valence-electron chi connectivity index (χ4n) is 3.29. The Morgan fingerprint density at radius 3 is 2.60 bits per heavy atom. The standard InChI is InChI=1S/C22H30N6O.HI/c1-6-23-22(26-15(2)12-19-16(3)27-28(5)17(19)4)25-14-21-24-13-20(29-21)18-10-8-7-9-11-18;/h7-11,13,15H,6,12,14H2,1-5H3,(H2,23,25,26);1H. The Morgan fingerprint density at radius 1 is 1.23 bits per heavy atom. The predicted molar refractivity (Wildman–Crippen MR) is 131 cm³/mol. The van der Waals surface area contributed by atoms with E-state index in [0.717, 1.165) is 35.9 Å². The highest BCUT2D eigenvalue weighted by Crippen LogP contribution is 2.20. The van der Waals surface area contributed by atoms with Gasteiger partial charge in [-0.1, -0.05) is 30.3 Å². The average Bonchev–Trinajstić information content (AvgIpc) is 3.27. The highest BCUT2D eigenvalue weighted by atomic mass is 127. The van der Waals surface area contributed by atoms with Crippen LogP contribution in [0.4, 0.5) is 0 Å².